The number of nitrogens with one attached hydrogen (secondary N) is 1. The van der Waals surface area contributed by atoms with E-state index in [4.69, 9.17) is 16.3 Å². The van der Waals surface area contributed by atoms with Gasteiger partial charge >= 0.3 is 12.3 Å². The van der Waals surface area contributed by atoms with Gasteiger partial charge in [-0.3, -0.25) is 0 Å². The lowest BCUT2D eigenvalue weighted by molar-refractivity contribution is -0.139. The fraction of sp³-hybridized carbons (Fsp3) is 0.389. The predicted octanol–water partition coefficient (Wildman–Crippen LogP) is 5.59. The Balaban J connectivity index is 2.06. The number of alkyl halides is 3. The van der Waals surface area contributed by atoms with E-state index in [-0.39, 0.29) is 28.6 Å². The van der Waals surface area contributed by atoms with Crippen LogP contribution in [0.3, 0.4) is 0 Å². The first-order valence-corrected chi connectivity index (χ1v) is 9.68. The van der Waals surface area contributed by atoms with Gasteiger partial charge in [0, 0.05) is 9.86 Å². The number of halogens is 5. The summed E-state index contributed by atoms with van der Waals surface area (Å²) in [5.41, 5.74) is 0.00253. The van der Waals surface area contributed by atoms with Gasteiger partial charge < -0.3 is 14.6 Å². The predicted molar refractivity (Wildman–Crippen MR) is 107 cm³/mol. The van der Waals surface area contributed by atoms with Crippen molar-refractivity contribution in [3.05, 3.63) is 33.6 Å². The van der Waals surface area contributed by atoms with Crippen LogP contribution in [0, 0.1) is 0 Å². The molecule has 1 amide bonds. The SMILES string of the molecule is CC(C)(C)OC(=O)NCc1nc(Cl)c2c(n1)c1cc(Br)ccc1n2CC(F)(F)F. The van der Waals surface area contributed by atoms with E-state index in [9.17, 15) is 18.0 Å². The molecule has 0 aliphatic heterocycles. The molecule has 6 nitrogen and oxygen atoms in total. The molecule has 0 atom stereocenters. The van der Waals surface area contributed by atoms with Crippen LogP contribution in [-0.4, -0.2) is 32.4 Å². The van der Waals surface area contributed by atoms with Gasteiger partial charge in [0.05, 0.1) is 12.1 Å². The van der Waals surface area contributed by atoms with E-state index in [0.29, 0.717) is 15.4 Å². The monoisotopic (exact) mass is 492 g/mol. The summed E-state index contributed by atoms with van der Waals surface area (Å²) in [7, 11) is 0. The van der Waals surface area contributed by atoms with Crippen LogP contribution in [0.1, 0.15) is 26.6 Å². The maximum atomic E-state index is 13.1. The average Bonchev–Trinajstić information content (AvgIpc) is 2.83. The molecule has 1 aromatic carbocycles. The van der Waals surface area contributed by atoms with E-state index in [1.807, 2.05) is 0 Å². The molecular formula is C18H17BrClF3N4O2. The summed E-state index contributed by atoms with van der Waals surface area (Å²) >= 11 is 9.56. The minimum Gasteiger partial charge on any atom is -0.444 e. The molecule has 2 aromatic heterocycles. The maximum absolute atomic E-state index is 13.1. The van der Waals surface area contributed by atoms with Crippen molar-refractivity contribution in [1.82, 2.24) is 19.9 Å². The summed E-state index contributed by atoms with van der Waals surface area (Å²) in [6, 6.07) is 4.86. The lowest BCUT2D eigenvalue weighted by atomic mass is 10.2. The molecule has 156 valence electrons. The largest absolute Gasteiger partial charge is 0.444 e. The molecule has 11 heteroatoms. The highest BCUT2D eigenvalue weighted by Crippen LogP contribution is 2.35. The molecule has 0 radical (unpaired) electrons. The third-order valence-electron chi connectivity index (χ3n) is 3.79. The van der Waals surface area contributed by atoms with Gasteiger partial charge in [0.25, 0.3) is 0 Å². The summed E-state index contributed by atoms with van der Waals surface area (Å²) in [4.78, 5) is 20.3. The maximum Gasteiger partial charge on any atom is 0.408 e. The van der Waals surface area contributed by atoms with Gasteiger partial charge in [0.2, 0.25) is 0 Å². The van der Waals surface area contributed by atoms with E-state index in [1.165, 1.54) is 0 Å². The number of fused-ring (bicyclic) bond motifs is 3. The Kier molecular flexibility index (Phi) is 5.70. The lowest BCUT2D eigenvalue weighted by Gasteiger charge is -2.19. The number of hydrogen-bond donors (Lipinski definition) is 1. The Hall–Kier alpha value is -2.07. The number of alkyl carbamates (subject to hydrolysis) is 1. The van der Waals surface area contributed by atoms with E-state index < -0.39 is 24.4 Å². The molecule has 0 unspecified atom stereocenters. The standard InChI is InChI=1S/C18H17BrClF3N4O2/c1-17(2,3)29-16(28)24-7-12-25-13-10-6-9(19)4-5-11(10)27(8-18(21,22)23)14(13)15(20)26-12/h4-6H,7-8H2,1-3H3,(H,24,28). The van der Waals surface area contributed by atoms with Crippen LogP contribution in [0.15, 0.2) is 22.7 Å². The van der Waals surface area contributed by atoms with Gasteiger partial charge in [-0.2, -0.15) is 13.2 Å². The second-order valence-corrected chi connectivity index (χ2v) is 8.62. The van der Waals surface area contributed by atoms with Crippen molar-refractivity contribution in [2.75, 3.05) is 0 Å². The first-order chi connectivity index (χ1) is 13.3. The minimum absolute atomic E-state index is 0.0816. The van der Waals surface area contributed by atoms with Crippen LogP contribution in [0.25, 0.3) is 21.9 Å². The molecule has 0 aliphatic rings. The first-order valence-electron chi connectivity index (χ1n) is 8.51. The topological polar surface area (TPSA) is 69.0 Å². The third-order valence-corrected chi connectivity index (χ3v) is 4.55. The van der Waals surface area contributed by atoms with Crippen molar-refractivity contribution in [3.8, 4) is 0 Å². The quantitative estimate of drug-likeness (QED) is 0.483. The molecule has 0 bridgehead atoms. The van der Waals surface area contributed by atoms with Gasteiger partial charge in [0.15, 0.2) is 5.15 Å². The molecule has 0 spiro atoms. The van der Waals surface area contributed by atoms with Gasteiger partial charge in [-0.25, -0.2) is 14.8 Å². The molecule has 2 heterocycles. The van der Waals surface area contributed by atoms with Crippen molar-refractivity contribution in [3.63, 3.8) is 0 Å². The zero-order chi connectivity index (χ0) is 21.6. The number of aromatic nitrogens is 3. The summed E-state index contributed by atoms with van der Waals surface area (Å²) in [5, 5.41) is 2.87. The third kappa shape index (κ3) is 5.11. The summed E-state index contributed by atoms with van der Waals surface area (Å²) in [6.07, 6.45) is -5.12. The number of benzene rings is 1. The second kappa shape index (κ2) is 7.64. The molecule has 0 saturated heterocycles. The van der Waals surface area contributed by atoms with Crippen LogP contribution >= 0.6 is 27.5 Å². The number of ether oxygens (including phenoxy) is 1. The second-order valence-electron chi connectivity index (χ2n) is 7.35. The van der Waals surface area contributed by atoms with Crippen molar-refractivity contribution in [1.29, 1.82) is 0 Å². The van der Waals surface area contributed by atoms with Crippen molar-refractivity contribution >= 4 is 55.6 Å². The number of carbonyl (C=O) groups excluding carboxylic acids is 1. The van der Waals surface area contributed by atoms with Crippen molar-refractivity contribution in [2.24, 2.45) is 0 Å². The number of hydrogen-bond acceptors (Lipinski definition) is 4. The zero-order valence-corrected chi connectivity index (χ0v) is 18.0. The Morgan fingerprint density at radius 3 is 2.59 bits per heavy atom. The molecular weight excluding hydrogens is 477 g/mol. The first kappa shape index (κ1) is 21.6. The lowest BCUT2D eigenvalue weighted by Crippen LogP contribution is -2.32. The van der Waals surface area contributed by atoms with E-state index in [1.54, 1.807) is 39.0 Å². The fourth-order valence-electron chi connectivity index (χ4n) is 2.84. The number of amides is 1. The van der Waals surface area contributed by atoms with Crippen LogP contribution in [0.5, 0.6) is 0 Å². The van der Waals surface area contributed by atoms with Gasteiger partial charge in [-0.05, 0) is 39.0 Å². The van der Waals surface area contributed by atoms with Crippen LogP contribution in [-0.2, 0) is 17.8 Å². The average molecular weight is 494 g/mol. The Bertz CT molecular complexity index is 1090. The molecule has 0 fully saturated rings. The fourth-order valence-corrected chi connectivity index (χ4v) is 3.49. The Labute approximate surface area is 177 Å². The molecule has 3 rings (SSSR count). The summed E-state index contributed by atoms with van der Waals surface area (Å²) in [5.74, 6) is 0.152. The van der Waals surface area contributed by atoms with Gasteiger partial charge in [-0.1, -0.05) is 27.5 Å². The molecule has 0 aliphatic carbocycles. The highest BCUT2D eigenvalue weighted by atomic mass is 79.9. The number of nitrogens with zero attached hydrogens (tertiary/aromatic N) is 3. The molecule has 0 saturated carbocycles. The van der Waals surface area contributed by atoms with Crippen LogP contribution in [0.4, 0.5) is 18.0 Å². The normalized spacial score (nSPS) is 12.6. The van der Waals surface area contributed by atoms with Crippen LogP contribution in [0.2, 0.25) is 5.15 Å². The zero-order valence-electron chi connectivity index (χ0n) is 15.7. The minimum atomic E-state index is -4.45. The van der Waals surface area contributed by atoms with Gasteiger partial charge in [0.1, 0.15) is 29.0 Å². The molecule has 29 heavy (non-hydrogen) atoms. The highest BCUT2D eigenvalue weighted by Gasteiger charge is 2.31. The van der Waals surface area contributed by atoms with Crippen LogP contribution < -0.4 is 5.32 Å². The van der Waals surface area contributed by atoms with Gasteiger partial charge in [-0.15, -0.1) is 0 Å². The smallest absolute Gasteiger partial charge is 0.408 e. The van der Waals surface area contributed by atoms with Crippen molar-refractivity contribution < 1.29 is 22.7 Å². The van der Waals surface area contributed by atoms with E-state index >= 15 is 0 Å². The summed E-state index contributed by atoms with van der Waals surface area (Å²) < 4.78 is 46.3. The summed E-state index contributed by atoms with van der Waals surface area (Å²) in [6.45, 7) is 3.84. The highest BCUT2D eigenvalue weighted by molar-refractivity contribution is 9.10. The number of carbonyl (C=O) groups is 1. The molecule has 3 aromatic rings. The number of rotatable bonds is 3. The Morgan fingerprint density at radius 2 is 1.97 bits per heavy atom. The molecule has 1 N–H and O–H groups in total. The Morgan fingerprint density at radius 1 is 1.28 bits per heavy atom. The van der Waals surface area contributed by atoms with E-state index in [0.717, 1.165) is 4.57 Å². The van der Waals surface area contributed by atoms with Crippen molar-refractivity contribution in [2.45, 2.75) is 45.6 Å². The van der Waals surface area contributed by atoms with E-state index in [2.05, 4.69) is 31.2 Å².